The van der Waals surface area contributed by atoms with Crippen molar-refractivity contribution in [1.82, 2.24) is 0 Å². The number of benzene rings is 3. The first-order valence-electron chi connectivity index (χ1n) is 11.7. The first kappa shape index (κ1) is 24.9. The number of ether oxygens (including phenoxy) is 4. The number of nitrogens with zero attached hydrogens (tertiary/aromatic N) is 1. The zero-order chi connectivity index (χ0) is 23.9. The van der Waals surface area contributed by atoms with Crippen molar-refractivity contribution in [2.24, 2.45) is 5.92 Å². The van der Waals surface area contributed by atoms with Crippen LogP contribution in [0.25, 0.3) is 0 Å². The van der Waals surface area contributed by atoms with Crippen molar-refractivity contribution in [3.8, 4) is 0 Å². The fourth-order valence-corrected chi connectivity index (χ4v) is 3.96. The highest BCUT2D eigenvalue weighted by Crippen LogP contribution is 2.37. The Labute approximate surface area is 210 Å². The predicted octanol–water partition coefficient (Wildman–Crippen LogP) is 7.67. The van der Waals surface area contributed by atoms with Crippen molar-refractivity contribution in [3.63, 3.8) is 0 Å². The largest absolute Gasteiger partial charge is 0.346 e. The standard InChI is InChI=1S/C24H22BrNO4.C4H10/c25-19-5-11-22(12-6-19)26(20-7-1-17(2-8-20)23-27-13-14-28-23)21-9-3-18(4-10-21)24-29-15-16-30-24;1-4(2)3/h1-12,23-24H,13-16H2;4H,1-3H3. The van der Waals surface area contributed by atoms with Gasteiger partial charge < -0.3 is 23.8 Å². The third kappa shape index (κ3) is 6.46. The maximum absolute atomic E-state index is 5.62. The molecule has 2 heterocycles. The monoisotopic (exact) mass is 525 g/mol. The molecule has 5 rings (SSSR count). The zero-order valence-corrected chi connectivity index (χ0v) is 21.5. The number of rotatable bonds is 5. The summed E-state index contributed by atoms with van der Waals surface area (Å²) in [5.74, 6) is 0.833. The van der Waals surface area contributed by atoms with Gasteiger partial charge in [0, 0.05) is 32.7 Å². The van der Waals surface area contributed by atoms with Gasteiger partial charge in [-0.15, -0.1) is 0 Å². The highest BCUT2D eigenvalue weighted by molar-refractivity contribution is 9.10. The molecule has 0 atom stereocenters. The van der Waals surface area contributed by atoms with Crippen molar-refractivity contribution in [1.29, 1.82) is 0 Å². The van der Waals surface area contributed by atoms with E-state index in [9.17, 15) is 0 Å². The van der Waals surface area contributed by atoms with Gasteiger partial charge >= 0.3 is 0 Å². The molecule has 0 radical (unpaired) electrons. The molecule has 180 valence electrons. The molecule has 0 bridgehead atoms. The lowest BCUT2D eigenvalue weighted by Crippen LogP contribution is -2.10. The van der Waals surface area contributed by atoms with Gasteiger partial charge in [-0.2, -0.15) is 0 Å². The molecule has 0 N–H and O–H groups in total. The van der Waals surface area contributed by atoms with Gasteiger partial charge in [-0.25, -0.2) is 0 Å². The Hall–Kier alpha value is -2.22. The third-order valence-electron chi connectivity index (χ3n) is 5.18. The Kier molecular flexibility index (Phi) is 8.75. The maximum Gasteiger partial charge on any atom is 0.184 e. The molecule has 34 heavy (non-hydrogen) atoms. The summed E-state index contributed by atoms with van der Waals surface area (Å²) in [7, 11) is 0. The molecule has 0 amide bonds. The number of hydrogen-bond acceptors (Lipinski definition) is 5. The summed E-state index contributed by atoms with van der Waals surface area (Å²) < 4.78 is 23.5. The molecular formula is C28H32BrNO4. The molecule has 0 aliphatic carbocycles. The Bertz CT molecular complexity index is 948. The van der Waals surface area contributed by atoms with E-state index < -0.39 is 0 Å². The predicted molar refractivity (Wildman–Crippen MR) is 139 cm³/mol. The minimum absolute atomic E-state index is 0.272. The maximum atomic E-state index is 5.62. The summed E-state index contributed by atoms with van der Waals surface area (Å²) >= 11 is 3.53. The third-order valence-corrected chi connectivity index (χ3v) is 5.70. The highest BCUT2D eigenvalue weighted by atomic mass is 79.9. The molecule has 0 unspecified atom stereocenters. The minimum atomic E-state index is -0.272. The first-order chi connectivity index (χ1) is 16.5. The zero-order valence-electron chi connectivity index (χ0n) is 19.9. The Morgan fingerprint density at radius 3 is 1.21 bits per heavy atom. The van der Waals surface area contributed by atoms with Crippen LogP contribution in [-0.4, -0.2) is 26.4 Å². The first-order valence-corrected chi connectivity index (χ1v) is 12.5. The fraction of sp³-hybridized carbons (Fsp3) is 0.357. The summed E-state index contributed by atoms with van der Waals surface area (Å²) in [6.07, 6.45) is -0.545. The average molecular weight is 526 g/mol. The van der Waals surface area contributed by atoms with E-state index >= 15 is 0 Å². The van der Waals surface area contributed by atoms with E-state index in [1.165, 1.54) is 0 Å². The van der Waals surface area contributed by atoms with Gasteiger partial charge in [0.25, 0.3) is 0 Å². The molecule has 2 aliphatic heterocycles. The Morgan fingerprint density at radius 2 is 0.882 bits per heavy atom. The molecule has 2 aliphatic rings. The van der Waals surface area contributed by atoms with Gasteiger partial charge in [-0.3, -0.25) is 0 Å². The lowest BCUT2D eigenvalue weighted by molar-refractivity contribution is -0.0442. The van der Waals surface area contributed by atoms with Crippen LogP contribution >= 0.6 is 15.9 Å². The van der Waals surface area contributed by atoms with Crippen LogP contribution in [0.15, 0.2) is 77.3 Å². The van der Waals surface area contributed by atoms with Crippen LogP contribution in [-0.2, 0) is 18.9 Å². The van der Waals surface area contributed by atoms with Gasteiger partial charge in [0.2, 0.25) is 0 Å². The van der Waals surface area contributed by atoms with E-state index in [1.54, 1.807) is 0 Å². The SMILES string of the molecule is Brc1ccc(N(c2ccc(C3OCCO3)cc2)c2ccc(C3OCCO3)cc2)cc1.CC(C)C. The van der Waals surface area contributed by atoms with Gasteiger partial charge in [-0.1, -0.05) is 61.0 Å². The normalized spacial score (nSPS) is 16.5. The summed E-state index contributed by atoms with van der Waals surface area (Å²) in [4.78, 5) is 2.22. The highest BCUT2D eigenvalue weighted by Gasteiger charge is 2.21. The summed E-state index contributed by atoms with van der Waals surface area (Å²) in [6.45, 7) is 9.05. The molecule has 3 aromatic carbocycles. The van der Waals surface area contributed by atoms with Crippen LogP contribution in [0.5, 0.6) is 0 Å². The quantitative estimate of drug-likeness (QED) is 0.341. The lowest BCUT2D eigenvalue weighted by atomic mass is 10.1. The van der Waals surface area contributed by atoms with E-state index in [0.29, 0.717) is 26.4 Å². The summed E-state index contributed by atoms with van der Waals surface area (Å²) in [5, 5.41) is 0. The lowest BCUT2D eigenvalue weighted by Gasteiger charge is -2.26. The molecule has 3 aromatic rings. The van der Waals surface area contributed by atoms with Crippen molar-refractivity contribution in [2.45, 2.75) is 33.4 Å². The fourth-order valence-electron chi connectivity index (χ4n) is 3.70. The summed E-state index contributed by atoms with van der Waals surface area (Å²) in [6, 6.07) is 24.9. The van der Waals surface area contributed by atoms with Crippen LogP contribution in [0.3, 0.4) is 0 Å². The van der Waals surface area contributed by atoms with Crippen LogP contribution < -0.4 is 4.90 Å². The van der Waals surface area contributed by atoms with E-state index in [2.05, 4.69) is 102 Å². The molecule has 2 saturated heterocycles. The van der Waals surface area contributed by atoms with Gasteiger partial charge in [-0.05, 0) is 54.4 Å². The molecule has 0 aromatic heterocycles. The average Bonchev–Trinajstić information content (AvgIpc) is 3.56. The summed E-state index contributed by atoms with van der Waals surface area (Å²) in [5.41, 5.74) is 5.23. The van der Waals surface area contributed by atoms with E-state index in [-0.39, 0.29) is 12.6 Å². The Morgan fingerprint density at radius 1 is 0.588 bits per heavy atom. The topological polar surface area (TPSA) is 40.2 Å². The van der Waals surface area contributed by atoms with Gasteiger partial charge in [0.15, 0.2) is 12.6 Å². The molecular weight excluding hydrogens is 494 g/mol. The van der Waals surface area contributed by atoms with Crippen molar-refractivity contribution in [3.05, 3.63) is 88.4 Å². The number of anilines is 3. The van der Waals surface area contributed by atoms with E-state index in [4.69, 9.17) is 18.9 Å². The molecule has 5 nitrogen and oxygen atoms in total. The van der Waals surface area contributed by atoms with Gasteiger partial charge in [0.05, 0.1) is 26.4 Å². The van der Waals surface area contributed by atoms with Crippen LogP contribution in [0.4, 0.5) is 17.1 Å². The second-order valence-corrected chi connectivity index (χ2v) is 9.79. The Balaban J connectivity index is 0.000000636. The molecule has 0 spiro atoms. The minimum Gasteiger partial charge on any atom is -0.346 e. The molecule has 6 heteroatoms. The number of halogens is 1. The molecule has 2 fully saturated rings. The van der Waals surface area contributed by atoms with Crippen molar-refractivity contribution < 1.29 is 18.9 Å². The van der Waals surface area contributed by atoms with Crippen LogP contribution in [0, 0.1) is 5.92 Å². The van der Waals surface area contributed by atoms with Crippen molar-refractivity contribution >= 4 is 33.0 Å². The number of hydrogen-bond donors (Lipinski definition) is 0. The van der Waals surface area contributed by atoms with Crippen LogP contribution in [0.1, 0.15) is 44.5 Å². The van der Waals surface area contributed by atoms with Crippen LogP contribution in [0.2, 0.25) is 0 Å². The second-order valence-electron chi connectivity index (χ2n) is 8.87. The van der Waals surface area contributed by atoms with E-state index in [1.807, 2.05) is 12.1 Å². The molecule has 0 saturated carbocycles. The van der Waals surface area contributed by atoms with Crippen molar-refractivity contribution in [2.75, 3.05) is 31.3 Å². The smallest absolute Gasteiger partial charge is 0.184 e. The van der Waals surface area contributed by atoms with Gasteiger partial charge in [0.1, 0.15) is 0 Å². The second kappa shape index (κ2) is 12.0. The van der Waals surface area contributed by atoms with E-state index in [0.717, 1.165) is 38.6 Å².